The van der Waals surface area contributed by atoms with Crippen molar-refractivity contribution in [1.82, 2.24) is 4.57 Å². The second kappa shape index (κ2) is 21.3. The first-order valence-corrected chi connectivity index (χ1v) is 29.5. The fraction of sp³-hybridized carbons (Fsp3) is 0. The lowest BCUT2D eigenvalue weighted by Gasteiger charge is -2.24. The molecule has 0 unspecified atom stereocenters. The van der Waals surface area contributed by atoms with Crippen molar-refractivity contribution in [2.45, 2.75) is 0 Å². The SMILES string of the molecule is c1ccc(N(c2ccccc2)c2ccc(-c3ccc(N(c4ccccc4)c4ccc5c(c4)c4cc(N(c6ccccc6)c6ccc(-c7ccc(N(c8ccccc8)c8ccccc8)s7)s6)ccc4n5-c4ccccc4)s3)s2)cc1. The Bertz CT molecular complexity index is 3980. The minimum absolute atomic E-state index is 1.09. The minimum atomic E-state index is 1.09. The maximum atomic E-state index is 2.41. The number of thiophene rings is 4. The van der Waals surface area contributed by atoms with Crippen LogP contribution in [0.2, 0.25) is 0 Å². The number of para-hydroxylation sites is 7. The molecule has 14 rings (SSSR count). The highest BCUT2D eigenvalue weighted by Crippen LogP contribution is 2.50. The van der Waals surface area contributed by atoms with Crippen molar-refractivity contribution >= 4 is 133 Å². The highest BCUT2D eigenvalue weighted by atomic mass is 32.1. The summed E-state index contributed by atoms with van der Waals surface area (Å²) in [4.78, 5) is 14.4. The van der Waals surface area contributed by atoms with E-state index in [1.54, 1.807) is 0 Å². The third-order valence-electron chi connectivity index (χ3n) is 14.1. The van der Waals surface area contributed by atoms with Gasteiger partial charge in [-0.3, -0.25) is 0 Å². The molecule has 0 aliphatic heterocycles. The van der Waals surface area contributed by atoms with E-state index in [0.29, 0.717) is 0 Å². The number of nitrogens with zero attached hydrogens (tertiary/aromatic N) is 5. The fourth-order valence-corrected chi connectivity index (χ4v) is 14.9. The van der Waals surface area contributed by atoms with Crippen molar-refractivity contribution in [2.75, 3.05) is 19.6 Å². The Hall–Kier alpha value is -9.22. The Balaban J connectivity index is 0.861. The molecule has 0 saturated carbocycles. The molecule has 0 aliphatic carbocycles. The molecule has 5 nitrogen and oxygen atoms in total. The molecule has 0 saturated heterocycles. The van der Waals surface area contributed by atoms with E-state index in [0.717, 1.165) is 72.2 Å². The van der Waals surface area contributed by atoms with Crippen LogP contribution in [-0.4, -0.2) is 4.57 Å². The molecule has 0 atom stereocenters. The van der Waals surface area contributed by atoms with Gasteiger partial charge in [0.25, 0.3) is 0 Å². The van der Waals surface area contributed by atoms with Crippen LogP contribution in [0.3, 0.4) is 0 Å². The molecular weight excluding hydrogens is 1040 g/mol. The number of fused-ring (bicyclic) bond motifs is 3. The zero-order valence-electron chi connectivity index (χ0n) is 42.7. The van der Waals surface area contributed by atoms with Crippen molar-refractivity contribution in [3.8, 4) is 25.2 Å². The summed E-state index contributed by atoms with van der Waals surface area (Å²) < 4.78 is 2.41. The number of benzene rings is 9. The molecule has 9 aromatic carbocycles. The quantitative estimate of drug-likeness (QED) is 0.102. The van der Waals surface area contributed by atoms with E-state index in [-0.39, 0.29) is 0 Å². The van der Waals surface area contributed by atoms with Crippen LogP contribution in [0.15, 0.2) is 297 Å². The Morgan fingerprint density at radius 1 is 0.215 bits per heavy atom. The molecule has 378 valence electrons. The lowest BCUT2D eigenvalue weighted by molar-refractivity contribution is 1.18. The smallest absolute Gasteiger partial charge is 0.101 e. The summed E-state index contributed by atoms with van der Waals surface area (Å²) in [7, 11) is 0. The average molecular weight is 1090 g/mol. The minimum Gasteiger partial charge on any atom is -0.309 e. The molecule has 5 aromatic heterocycles. The highest BCUT2D eigenvalue weighted by molar-refractivity contribution is 7.26. The van der Waals surface area contributed by atoms with E-state index in [9.17, 15) is 0 Å². The van der Waals surface area contributed by atoms with E-state index in [1.807, 2.05) is 45.3 Å². The third-order valence-corrected chi connectivity index (χ3v) is 18.8. The largest absolute Gasteiger partial charge is 0.309 e. The van der Waals surface area contributed by atoms with E-state index in [2.05, 4.69) is 321 Å². The summed E-state index contributed by atoms with van der Waals surface area (Å²) in [6, 6.07) is 107. The van der Waals surface area contributed by atoms with E-state index < -0.39 is 0 Å². The normalized spacial score (nSPS) is 11.3. The van der Waals surface area contributed by atoms with Crippen molar-refractivity contribution in [3.63, 3.8) is 0 Å². The Kier molecular flexibility index (Phi) is 13.0. The monoisotopic (exact) mass is 1090 g/mol. The van der Waals surface area contributed by atoms with E-state index in [4.69, 9.17) is 0 Å². The molecular formula is C70H49N5S4. The van der Waals surface area contributed by atoms with Gasteiger partial charge in [-0.2, -0.15) is 0 Å². The number of anilines is 12. The van der Waals surface area contributed by atoms with Gasteiger partial charge in [0.15, 0.2) is 0 Å². The van der Waals surface area contributed by atoms with Gasteiger partial charge in [0.1, 0.15) is 20.0 Å². The van der Waals surface area contributed by atoms with Gasteiger partial charge < -0.3 is 24.2 Å². The molecule has 0 amide bonds. The predicted octanol–water partition coefficient (Wildman–Crippen LogP) is 22.2. The summed E-state index contributed by atoms with van der Waals surface area (Å²) in [5, 5.41) is 6.96. The van der Waals surface area contributed by atoms with Crippen LogP contribution in [0.25, 0.3) is 47.0 Å². The first-order valence-electron chi connectivity index (χ1n) is 26.2. The maximum absolute atomic E-state index is 2.41. The number of aromatic nitrogens is 1. The molecule has 0 fully saturated rings. The summed E-state index contributed by atoms with van der Waals surface area (Å²) in [5.41, 5.74) is 12.3. The summed E-state index contributed by atoms with van der Waals surface area (Å²) >= 11 is 7.27. The number of hydrogen-bond acceptors (Lipinski definition) is 8. The molecule has 0 bridgehead atoms. The molecule has 14 aromatic rings. The molecule has 0 aliphatic rings. The maximum Gasteiger partial charge on any atom is 0.101 e. The fourth-order valence-electron chi connectivity index (χ4n) is 10.5. The molecule has 0 spiro atoms. The standard InChI is InChI=1S/C70H49N5S4/c1-8-22-50(23-9-1)71(51-24-10-2-11-25-51)67-44-40-63(76-67)65-42-46-69(78-65)73(54-30-16-5-17-31-54)57-36-38-61-59(48-57)60-49-58(37-39-62(60)75(61)56-34-20-7-21-35-56)74(55-32-18-6-19-33-55)70-47-43-66(79-70)64-41-45-68(77-64)72(52-26-12-3-13-27-52)53-28-14-4-15-29-53/h1-49H. The van der Waals surface area contributed by atoms with Crippen LogP contribution in [0.5, 0.6) is 0 Å². The van der Waals surface area contributed by atoms with Crippen LogP contribution < -0.4 is 19.6 Å². The molecule has 5 heterocycles. The van der Waals surface area contributed by atoms with Gasteiger partial charge in [-0.1, -0.05) is 127 Å². The van der Waals surface area contributed by atoms with Gasteiger partial charge in [0.2, 0.25) is 0 Å². The second-order valence-corrected chi connectivity index (χ2v) is 23.2. The lowest BCUT2D eigenvalue weighted by Crippen LogP contribution is -2.08. The third kappa shape index (κ3) is 9.39. The van der Waals surface area contributed by atoms with E-state index in [1.165, 1.54) is 40.3 Å². The first kappa shape index (κ1) is 48.2. The molecule has 9 heteroatoms. The highest BCUT2D eigenvalue weighted by Gasteiger charge is 2.24. The first-order chi connectivity index (χ1) is 39.2. The summed E-state index contributed by atoms with van der Waals surface area (Å²) in [6.07, 6.45) is 0. The van der Waals surface area contributed by atoms with Crippen LogP contribution >= 0.6 is 45.3 Å². The second-order valence-electron chi connectivity index (χ2n) is 19.0. The van der Waals surface area contributed by atoms with Crippen molar-refractivity contribution in [3.05, 3.63) is 297 Å². The molecule has 79 heavy (non-hydrogen) atoms. The van der Waals surface area contributed by atoms with Gasteiger partial charge >= 0.3 is 0 Å². The van der Waals surface area contributed by atoms with Gasteiger partial charge in [-0.15, -0.1) is 45.3 Å². The zero-order valence-corrected chi connectivity index (χ0v) is 45.9. The molecule has 0 radical (unpaired) electrons. The average Bonchev–Trinajstić information content (AvgIpc) is 4.56. The van der Waals surface area contributed by atoms with Crippen LogP contribution in [-0.2, 0) is 0 Å². The zero-order chi connectivity index (χ0) is 52.5. The van der Waals surface area contributed by atoms with Gasteiger partial charge in [-0.25, -0.2) is 0 Å². The Labute approximate surface area is 475 Å². The molecule has 0 N–H and O–H groups in total. The van der Waals surface area contributed by atoms with Gasteiger partial charge in [0.05, 0.1) is 11.0 Å². The van der Waals surface area contributed by atoms with Crippen molar-refractivity contribution in [1.29, 1.82) is 0 Å². The predicted molar refractivity (Wildman–Crippen MR) is 342 cm³/mol. The van der Waals surface area contributed by atoms with Gasteiger partial charge in [0, 0.05) is 81.5 Å². The number of rotatable bonds is 15. The van der Waals surface area contributed by atoms with Crippen LogP contribution in [0, 0.1) is 0 Å². The Morgan fingerprint density at radius 3 is 0.722 bits per heavy atom. The van der Waals surface area contributed by atoms with E-state index >= 15 is 0 Å². The lowest BCUT2D eigenvalue weighted by atomic mass is 10.1. The van der Waals surface area contributed by atoms with Crippen molar-refractivity contribution in [2.24, 2.45) is 0 Å². The van der Waals surface area contributed by atoms with Gasteiger partial charge in [-0.05, 0) is 170 Å². The number of hydrogen-bond donors (Lipinski definition) is 0. The topological polar surface area (TPSA) is 17.9 Å². The van der Waals surface area contributed by atoms with Crippen LogP contribution in [0.4, 0.5) is 65.5 Å². The van der Waals surface area contributed by atoms with Crippen molar-refractivity contribution < 1.29 is 0 Å². The van der Waals surface area contributed by atoms with Crippen LogP contribution in [0.1, 0.15) is 0 Å². The summed E-state index contributed by atoms with van der Waals surface area (Å²) in [5.74, 6) is 0. The Morgan fingerprint density at radius 2 is 0.456 bits per heavy atom. The summed E-state index contributed by atoms with van der Waals surface area (Å²) in [6.45, 7) is 0.